The molecule has 3 aliphatic heterocycles. The summed E-state index contributed by atoms with van der Waals surface area (Å²) in [4.78, 5) is 15.6. The molecule has 3 aliphatic rings. The highest BCUT2D eigenvalue weighted by Crippen LogP contribution is 2.42. The molecule has 0 unspecified atom stereocenters. The van der Waals surface area contributed by atoms with Gasteiger partial charge in [-0.25, -0.2) is 16.8 Å². The molecule has 1 amide bonds. The Morgan fingerprint density at radius 3 is 2.62 bits per heavy atom. The summed E-state index contributed by atoms with van der Waals surface area (Å²) in [5, 5.41) is 3.15. The maximum Gasteiger partial charge on any atom is 0.257 e. The Balaban J connectivity index is 1.36. The summed E-state index contributed by atoms with van der Waals surface area (Å²) in [5.41, 5.74) is 1.59. The molecule has 2 aromatic rings. The Hall–Kier alpha value is -2.41. The maximum absolute atomic E-state index is 12.8. The molecule has 3 heterocycles. The molecule has 1 saturated heterocycles. The van der Waals surface area contributed by atoms with Gasteiger partial charge >= 0.3 is 0 Å². The van der Waals surface area contributed by atoms with Crippen molar-refractivity contribution < 1.29 is 21.6 Å². The van der Waals surface area contributed by atoms with Crippen LogP contribution in [-0.4, -0.2) is 57.6 Å². The minimum Gasteiger partial charge on any atom is -0.322 e. The van der Waals surface area contributed by atoms with Crippen LogP contribution in [0.4, 0.5) is 11.4 Å². The molecule has 5 rings (SSSR count). The van der Waals surface area contributed by atoms with Crippen molar-refractivity contribution >= 4 is 54.3 Å². The van der Waals surface area contributed by atoms with E-state index in [0.29, 0.717) is 36.1 Å². The molecule has 0 aromatic heterocycles. The largest absolute Gasteiger partial charge is 0.322 e. The van der Waals surface area contributed by atoms with Crippen LogP contribution in [0.25, 0.3) is 0 Å². The van der Waals surface area contributed by atoms with Crippen molar-refractivity contribution in [3.8, 4) is 0 Å². The molecular formula is C20H20N4O5S3. The van der Waals surface area contributed by atoms with Gasteiger partial charge in [-0.15, -0.1) is 4.40 Å². The summed E-state index contributed by atoms with van der Waals surface area (Å²) >= 11 is 1.21. The average molecular weight is 493 g/mol. The van der Waals surface area contributed by atoms with E-state index in [4.69, 9.17) is 0 Å². The highest BCUT2D eigenvalue weighted by Gasteiger charge is 2.33. The highest BCUT2D eigenvalue weighted by molar-refractivity contribution is 8.15. The summed E-state index contributed by atoms with van der Waals surface area (Å²) in [6.07, 6.45) is 1.70. The standard InChI is InChI=1S/C20H20N4O5S3/c25-19(21-15-4-3-5-16(13-15)32(28,29)23-8-1-2-9-23)14-6-7-17-18(12-14)30-20-22-31(26,27)11-10-24(17)20/h3-7,12-13H,1-2,8-11H2,(H,21,25). The maximum atomic E-state index is 12.8. The van der Waals surface area contributed by atoms with E-state index in [9.17, 15) is 21.6 Å². The zero-order chi connectivity index (χ0) is 22.5. The molecule has 9 nitrogen and oxygen atoms in total. The van der Waals surface area contributed by atoms with E-state index in [0.717, 1.165) is 23.4 Å². The first kappa shape index (κ1) is 21.4. The van der Waals surface area contributed by atoms with Gasteiger partial charge in [0, 0.05) is 35.8 Å². The minimum absolute atomic E-state index is 0.0462. The fourth-order valence-electron chi connectivity index (χ4n) is 3.89. The molecule has 0 bridgehead atoms. The fourth-order valence-corrected chi connectivity index (χ4v) is 7.75. The van der Waals surface area contributed by atoms with Crippen molar-refractivity contribution in [2.24, 2.45) is 4.40 Å². The molecule has 1 N–H and O–H groups in total. The number of hydrogen-bond donors (Lipinski definition) is 1. The van der Waals surface area contributed by atoms with Gasteiger partial charge in [0.2, 0.25) is 10.0 Å². The van der Waals surface area contributed by atoms with Crippen molar-refractivity contribution in [2.45, 2.75) is 22.6 Å². The van der Waals surface area contributed by atoms with E-state index in [-0.39, 0.29) is 16.6 Å². The number of rotatable bonds is 4. The second-order valence-electron chi connectivity index (χ2n) is 7.69. The number of amides is 1. The van der Waals surface area contributed by atoms with E-state index in [1.807, 2.05) is 4.90 Å². The molecular weight excluding hydrogens is 472 g/mol. The van der Waals surface area contributed by atoms with Crippen molar-refractivity contribution in [3.63, 3.8) is 0 Å². The lowest BCUT2D eigenvalue weighted by Gasteiger charge is -2.22. The summed E-state index contributed by atoms with van der Waals surface area (Å²) in [6.45, 7) is 1.34. The lowest BCUT2D eigenvalue weighted by molar-refractivity contribution is 0.102. The number of fused-ring (bicyclic) bond motifs is 3. The third kappa shape index (κ3) is 3.91. The summed E-state index contributed by atoms with van der Waals surface area (Å²) in [7, 11) is -7.03. The van der Waals surface area contributed by atoms with Crippen molar-refractivity contribution in [3.05, 3.63) is 48.0 Å². The fraction of sp³-hybridized carbons (Fsp3) is 0.300. The number of hydrogen-bond acceptors (Lipinski definition) is 7. The van der Waals surface area contributed by atoms with Gasteiger partial charge in [0.05, 0.1) is 16.3 Å². The molecule has 32 heavy (non-hydrogen) atoms. The Kier molecular flexibility index (Phi) is 5.27. The van der Waals surface area contributed by atoms with Gasteiger partial charge in [-0.05, 0) is 61.0 Å². The predicted octanol–water partition coefficient (Wildman–Crippen LogP) is 2.33. The highest BCUT2D eigenvalue weighted by atomic mass is 32.2. The number of amidine groups is 1. The lowest BCUT2D eigenvalue weighted by Crippen LogP contribution is -2.35. The van der Waals surface area contributed by atoms with Gasteiger partial charge < -0.3 is 10.2 Å². The van der Waals surface area contributed by atoms with Crippen LogP contribution >= 0.6 is 11.8 Å². The first-order valence-electron chi connectivity index (χ1n) is 10.1. The third-order valence-electron chi connectivity index (χ3n) is 5.53. The Morgan fingerprint density at radius 1 is 1.06 bits per heavy atom. The molecule has 0 atom stereocenters. The number of benzene rings is 2. The third-order valence-corrected chi connectivity index (χ3v) is 9.73. The van der Waals surface area contributed by atoms with E-state index in [1.54, 1.807) is 30.3 Å². The molecule has 12 heteroatoms. The van der Waals surface area contributed by atoms with Gasteiger partial charge in [-0.1, -0.05) is 6.07 Å². The number of carbonyl (C=O) groups excluding carboxylic acids is 1. The van der Waals surface area contributed by atoms with Gasteiger partial charge in [0.1, 0.15) is 0 Å². The van der Waals surface area contributed by atoms with Crippen molar-refractivity contribution in [1.82, 2.24) is 4.31 Å². The molecule has 0 radical (unpaired) electrons. The Morgan fingerprint density at radius 2 is 1.84 bits per heavy atom. The average Bonchev–Trinajstić information content (AvgIpc) is 3.40. The molecule has 2 aromatic carbocycles. The molecule has 0 aliphatic carbocycles. The molecule has 0 saturated carbocycles. The van der Waals surface area contributed by atoms with E-state index < -0.39 is 20.0 Å². The van der Waals surface area contributed by atoms with Crippen molar-refractivity contribution in [2.75, 3.05) is 35.6 Å². The number of carbonyl (C=O) groups is 1. The minimum atomic E-state index is -3.58. The smallest absolute Gasteiger partial charge is 0.257 e. The Labute approximate surface area is 190 Å². The second kappa shape index (κ2) is 7.87. The second-order valence-corrected chi connectivity index (χ2v) is 12.4. The van der Waals surface area contributed by atoms with Crippen LogP contribution < -0.4 is 10.2 Å². The summed E-state index contributed by atoms with van der Waals surface area (Å²) in [6, 6.07) is 11.4. The zero-order valence-electron chi connectivity index (χ0n) is 16.9. The van der Waals surface area contributed by atoms with Crippen LogP contribution in [-0.2, 0) is 20.0 Å². The van der Waals surface area contributed by atoms with Crippen LogP contribution in [0.15, 0.2) is 56.7 Å². The number of nitrogens with zero attached hydrogens (tertiary/aromatic N) is 3. The number of anilines is 2. The van der Waals surface area contributed by atoms with Gasteiger partial charge in [-0.3, -0.25) is 4.79 Å². The molecule has 168 valence electrons. The SMILES string of the molecule is O=C(Nc1cccc(S(=O)(=O)N2CCCC2)c1)c1ccc2c(c1)SC1=NS(=O)(=O)CCN12. The molecule has 0 spiro atoms. The zero-order valence-corrected chi connectivity index (χ0v) is 19.3. The van der Waals surface area contributed by atoms with Gasteiger partial charge in [0.15, 0.2) is 5.17 Å². The van der Waals surface area contributed by atoms with Gasteiger partial charge in [0.25, 0.3) is 15.9 Å². The first-order valence-corrected chi connectivity index (χ1v) is 13.9. The van der Waals surface area contributed by atoms with E-state index in [1.165, 1.54) is 28.2 Å². The van der Waals surface area contributed by atoms with Crippen molar-refractivity contribution in [1.29, 1.82) is 0 Å². The first-order chi connectivity index (χ1) is 15.2. The lowest BCUT2D eigenvalue weighted by atomic mass is 10.1. The monoisotopic (exact) mass is 492 g/mol. The van der Waals surface area contributed by atoms with Crippen LogP contribution in [0.1, 0.15) is 23.2 Å². The van der Waals surface area contributed by atoms with Crippen LogP contribution in [0.5, 0.6) is 0 Å². The topological polar surface area (TPSA) is 116 Å². The summed E-state index contributed by atoms with van der Waals surface area (Å²) in [5.74, 6) is -0.432. The summed E-state index contributed by atoms with van der Waals surface area (Å²) < 4.78 is 54.4. The molecule has 1 fully saturated rings. The number of nitrogens with one attached hydrogen (secondary N) is 1. The van der Waals surface area contributed by atoms with E-state index >= 15 is 0 Å². The van der Waals surface area contributed by atoms with Crippen LogP contribution in [0.3, 0.4) is 0 Å². The van der Waals surface area contributed by atoms with Crippen LogP contribution in [0, 0.1) is 0 Å². The number of sulfonamides is 2. The Bertz CT molecular complexity index is 1350. The quantitative estimate of drug-likeness (QED) is 0.696. The van der Waals surface area contributed by atoms with Gasteiger partial charge in [-0.2, -0.15) is 4.31 Å². The normalized spacial score (nSPS) is 19.9. The predicted molar refractivity (Wildman–Crippen MR) is 123 cm³/mol. The van der Waals surface area contributed by atoms with E-state index in [2.05, 4.69) is 9.71 Å². The van der Waals surface area contributed by atoms with Crippen LogP contribution in [0.2, 0.25) is 0 Å². The number of thioether (sulfide) groups is 1.